The number of allylic oxidation sites excluding steroid dienone is 2. The first kappa shape index (κ1) is 15.6. The molecule has 0 unspecified atom stereocenters. The summed E-state index contributed by atoms with van der Waals surface area (Å²) in [6.45, 7) is 0. The fourth-order valence-electron chi connectivity index (χ4n) is 3.33. The molecule has 0 atom stereocenters. The van der Waals surface area contributed by atoms with Gasteiger partial charge >= 0.3 is 0 Å². The zero-order valence-corrected chi connectivity index (χ0v) is 14.1. The van der Waals surface area contributed by atoms with Gasteiger partial charge in [-0.2, -0.15) is 0 Å². The Bertz CT molecular complexity index is 902. The first-order valence-electron chi connectivity index (χ1n) is 8.81. The second-order valence-electron chi connectivity index (χ2n) is 6.39. The minimum atomic E-state index is 0.00543. The maximum atomic E-state index is 13.1. The smallest absolute Gasteiger partial charge is 0.196 e. The van der Waals surface area contributed by atoms with Crippen molar-refractivity contribution in [2.75, 3.05) is 0 Å². The van der Waals surface area contributed by atoms with Gasteiger partial charge in [-0.25, -0.2) is 0 Å². The SMILES string of the molecule is O=C(c1ccccc1)c1cc(C2=CCCCC2)oc1-c1ccccc1. The number of rotatable bonds is 4. The Morgan fingerprint density at radius 2 is 1.60 bits per heavy atom. The molecular weight excluding hydrogens is 308 g/mol. The molecule has 1 aliphatic rings. The maximum absolute atomic E-state index is 13.1. The molecule has 1 heterocycles. The van der Waals surface area contributed by atoms with E-state index in [1.165, 1.54) is 18.4 Å². The lowest BCUT2D eigenvalue weighted by atomic mass is 9.96. The van der Waals surface area contributed by atoms with E-state index in [0.717, 1.165) is 24.2 Å². The lowest BCUT2D eigenvalue weighted by Crippen LogP contribution is -2.01. The average molecular weight is 328 g/mol. The minimum absolute atomic E-state index is 0.00543. The Morgan fingerprint density at radius 3 is 2.28 bits per heavy atom. The van der Waals surface area contributed by atoms with Gasteiger partial charge in [0.2, 0.25) is 0 Å². The summed E-state index contributed by atoms with van der Waals surface area (Å²) in [4.78, 5) is 13.1. The molecule has 0 radical (unpaired) electrons. The molecule has 0 saturated carbocycles. The van der Waals surface area contributed by atoms with Crippen molar-refractivity contribution in [1.82, 2.24) is 0 Å². The Balaban J connectivity index is 1.82. The van der Waals surface area contributed by atoms with Crippen LogP contribution in [0.3, 0.4) is 0 Å². The molecule has 0 bridgehead atoms. The minimum Gasteiger partial charge on any atom is -0.456 e. The predicted molar refractivity (Wildman–Crippen MR) is 100 cm³/mol. The van der Waals surface area contributed by atoms with Crippen LogP contribution in [0.1, 0.15) is 47.4 Å². The number of benzene rings is 2. The number of hydrogen-bond acceptors (Lipinski definition) is 2. The zero-order chi connectivity index (χ0) is 17.1. The van der Waals surface area contributed by atoms with E-state index in [2.05, 4.69) is 6.08 Å². The van der Waals surface area contributed by atoms with Crippen LogP contribution in [0.15, 0.2) is 77.2 Å². The molecule has 0 spiro atoms. The van der Waals surface area contributed by atoms with Crippen LogP contribution >= 0.6 is 0 Å². The van der Waals surface area contributed by atoms with E-state index < -0.39 is 0 Å². The first-order valence-corrected chi connectivity index (χ1v) is 8.81. The molecule has 2 aromatic carbocycles. The predicted octanol–water partition coefficient (Wildman–Crippen LogP) is 6.14. The van der Waals surface area contributed by atoms with Crippen LogP contribution in [-0.4, -0.2) is 5.78 Å². The highest BCUT2D eigenvalue weighted by Gasteiger charge is 2.22. The van der Waals surface area contributed by atoms with Gasteiger partial charge in [-0.15, -0.1) is 0 Å². The number of furan rings is 1. The van der Waals surface area contributed by atoms with Crippen molar-refractivity contribution >= 4 is 11.4 Å². The van der Waals surface area contributed by atoms with Crippen LogP contribution in [0.2, 0.25) is 0 Å². The lowest BCUT2D eigenvalue weighted by Gasteiger charge is -2.09. The molecular formula is C23H20O2. The van der Waals surface area contributed by atoms with Crippen LogP contribution < -0.4 is 0 Å². The van der Waals surface area contributed by atoms with Crippen LogP contribution in [0, 0.1) is 0 Å². The Kier molecular flexibility index (Phi) is 4.34. The first-order chi connectivity index (χ1) is 12.3. The van der Waals surface area contributed by atoms with Crippen LogP contribution in [0.5, 0.6) is 0 Å². The van der Waals surface area contributed by atoms with Gasteiger partial charge in [-0.1, -0.05) is 66.7 Å². The fraction of sp³-hybridized carbons (Fsp3) is 0.174. The van der Waals surface area contributed by atoms with E-state index in [0.29, 0.717) is 16.9 Å². The largest absolute Gasteiger partial charge is 0.456 e. The Hall–Kier alpha value is -2.87. The number of carbonyl (C=O) groups is 1. The lowest BCUT2D eigenvalue weighted by molar-refractivity contribution is 0.103. The monoisotopic (exact) mass is 328 g/mol. The molecule has 25 heavy (non-hydrogen) atoms. The third kappa shape index (κ3) is 3.20. The summed E-state index contributed by atoms with van der Waals surface area (Å²) < 4.78 is 6.19. The van der Waals surface area contributed by atoms with Gasteiger partial charge in [0.25, 0.3) is 0 Å². The van der Waals surface area contributed by atoms with Crippen molar-refractivity contribution in [1.29, 1.82) is 0 Å². The summed E-state index contributed by atoms with van der Waals surface area (Å²) in [5, 5.41) is 0. The van der Waals surface area contributed by atoms with Crippen molar-refractivity contribution < 1.29 is 9.21 Å². The number of carbonyl (C=O) groups excluding carboxylic acids is 1. The van der Waals surface area contributed by atoms with Crippen molar-refractivity contribution in [3.63, 3.8) is 0 Å². The normalized spacial score (nSPS) is 14.2. The third-order valence-electron chi connectivity index (χ3n) is 4.66. The van der Waals surface area contributed by atoms with Gasteiger partial charge in [0, 0.05) is 11.1 Å². The molecule has 1 aromatic heterocycles. The molecule has 3 aromatic rings. The van der Waals surface area contributed by atoms with E-state index in [1.54, 1.807) is 0 Å². The standard InChI is InChI=1S/C23H20O2/c24-22(18-12-6-2-7-13-18)20-16-21(17-10-4-1-5-11-17)25-23(20)19-14-8-3-9-15-19/h2-3,6-10,12-16H,1,4-5,11H2. The maximum Gasteiger partial charge on any atom is 0.196 e. The van der Waals surface area contributed by atoms with E-state index >= 15 is 0 Å². The topological polar surface area (TPSA) is 30.2 Å². The van der Waals surface area contributed by atoms with Crippen molar-refractivity contribution in [2.45, 2.75) is 25.7 Å². The molecule has 0 fully saturated rings. The molecule has 0 aliphatic heterocycles. The van der Waals surface area contributed by atoms with Gasteiger partial charge in [-0.3, -0.25) is 4.79 Å². The van der Waals surface area contributed by atoms with Gasteiger partial charge in [0.15, 0.2) is 5.78 Å². The average Bonchev–Trinajstić information content (AvgIpc) is 3.15. The van der Waals surface area contributed by atoms with Crippen LogP contribution in [-0.2, 0) is 0 Å². The molecule has 0 N–H and O–H groups in total. The molecule has 0 saturated heterocycles. The fourth-order valence-corrected chi connectivity index (χ4v) is 3.33. The molecule has 124 valence electrons. The number of ketones is 1. The summed E-state index contributed by atoms with van der Waals surface area (Å²) in [5.41, 5.74) is 3.48. The third-order valence-corrected chi connectivity index (χ3v) is 4.66. The molecule has 1 aliphatic carbocycles. The van der Waals surface area contributed by atoms with Gasteiger partial charge < -0.3 is 4.42 Å². The highest BCUT2D eigenvalue weighted by atomic mass is 16.3. The quantitative estimate of drug-likeness (QED) is 0.539. The van der Waals surface area contributed by atoms with Gasteiger partial charge in [-0.05, 0) is 37.3 Å². The Labute approximate surface area is 147 Å². The summed E-state index contributed by atoms with van der Waals surface area (Å²) in [7, 11) is 0. The molecule has 0 amide bonds. The second-order valence-corrected chi connectivity index (χ2v) is 6.39. The number of hydrogen-bond donors (Lipinski definition) is 0. The molecule has 2 heteroatoms. The zero-order valence-electron chi connectivity index (χ0n) is 14.1. The molecule has 2 nitrogen and oxygen atoms in total. The van der Waals surface area contributed by atoms with Gasteiger partial charge in [0.1, 0.15) is 11.5 Å². The highest BCUT2D eigenvalue weighted by Crippen LogP contribution is 2.35. The second kappa shape index (κ2) is 6.94. The van der Waals surface area contributed by atoms with Crippen LogP contribution in [0.4, 0.5) is 0 Å². The summed E-state index contributed by atoms with van der Waals surface area (Å²) >= 11 is 0. The van der Waals surface area contributed by atoms with E-state index in [9.17, 15) is 4.79 Å². The van der Waals surface area contributed by atoms with Crippen molar-refractivity contribution in [3.8, 4) is 11.3 Å². The summed E-state index contributed by atoms with van der Waals surface area (Å²) in [6, 6.07) is 21.2. The van der Waals surface area contributed by atoms with E-state index in [-0.39, 0.29) is 5.78 Å². The van der Waals surface area contributed by atoms with Gasteiger partial charge in [0.05, 0.1) is 5.56 Å². The highest BCUT2D eigenvalue weighted by molar-refractivity contribution is 6.12. The summed E-state index contributed by atoms with van der Waals surface area (Å²) in [6.07, 6.45) is 6.74. The van der Waals surface area contributed by atoms with Crippen molar-refractivity contribution in [3.05, 3.63) is 89.7 Å². The van der Waals surface area contributed by atoms with Crippen LogP contribution in [0.25, 0.3) is 16.9 Å². The Morgan fingerprint density at radius 1 is 0.880 bits per heavy atom. The van der Waals surface area contributed by atoms with Crippen molar-refractivity contribution in [2.24, 2.45) is 0 Å². The van der Waals surface area contributed by atoms with E-state index in [4.69, 9.17) is 4.42 Å². The molecule has 4 rings (SSSR count). The van der Waals surface area contributed by atoms with E-state index in [1.807, 2.05) is 66.7 Å². The summed E-state index contributed by atoms with van der Waals surface area (Å²) in [5.74, 6) is 1.50.